The molecule has 9 heteroatoms. The minimum absolute atomic E-state index is 0.112. The van der Waals surface area contributed by atoms with Gasteiger partial charge in [-0.15, -0.1) is 0 Å². The van der Waals surface area contributed by atoms with E-state index in [0.717, 1.165) is 0 Å². The van der Waals surface area contributed by atoms with Crippen LogP contribution in [0.3, 0.4) is 0 Å². The third-order valence-corrected chi connectivity index (χ3v) is 3.40. The third-order valence-electron chi connectivity index (χ3n) is 2.66. The molecule has 2 rings (SSSR count). The average molecular weight is 362 g/mol. The van der Waals surface area contributed by atoms with Gasteiger partial charge in [-0.25, -0.2) is 0 Å². The molecule has 1 amide bonds. The molecule has 0 heterocycles. The van der Waals surface area contributed by atoms with Gasteiger partial charge in [0.25, 0.3) is 5.91 Å². The second-order valence-corrected chi connectivity index (χ2v) is 5.44. The fourth-order valence-electron chi connectivity index (χ4n) is 1.73. The number of rotatable bonds is 3. The van der Waals surface area contributed by atoms with Gasteiger partial charge in [-0.1, -0.05) is 34.8 Å². The van der Waals surface area contributed by atoms with Gasteiger partial charge in [0.05, 0.1) is 10.5 Å². The molecule has 2 N–H and O–H groups in total. The van der Waals surface area contributed by atoms with Crippen LogP contribution in [0.15, 0.2) is 30.3 Å². The lowest BCUT2D eigenvalue weighted by molar-refractivity contribution is -0.383. The maximum atomic E-state index is 12.1. The summed E-state index contributed by atoms with van der Waals surface area (Å²) in [6.07, 6.45) is 0. The minimum Gasteiger partial charge on any atom is -0.507 e. The largest absolute Gasteiger partial charge is 0.507 e. The molecule has 0 aliphatic heterocycles. The number of phenols is 1. The predicted octanol–water partition coefficient (Wildman–Crippen LogP) is 4.51. The van der Waals surface area contributed by atoms with Crippen LogP contribution in [-0.4, -0.2) is 15.9 Å². The molecule has 0 fully saturated rings. The third kappa shape index (κ3) is 3.41. The van der Waals surface area contributed by atoms with Crippen LogP contribution in [-0.2, 0) is 0 Å². The van der Waals surface area contributed by atoms with Gasteiger partial charge in [0.1, 0.15) is 16.5 Å². The van der Waals surface area contributed by atoms with Crippen molar-refractivity contribution in [3.8, 4) is 5.75 Å². The second kappa shape index (κ2) is 6.39. The Hall–Kier alpha value is -2.02. The lowest BCUT2D eigenvalue weighted by atomic mass is 10.1. The topological polar surface area (TPSA) is 92.5 Å². The van der Waals surface area contributed by atoms with E-state index in [0.29, 0.717) is 0 Å². The zero-order chi connectivity index (χ0) is 16.4. The van der Waals surface area contributed by atoms with Crippen molar-refractivity contribution in [3.63, 3.8) is 0 Å². The molecule has 114 valence electrons. The number of nitro groups is 1. The van der Waals surface area contributed by atoms with Crippen molar-refractivity contribution in [3.05, 3.63) is 61.1 Å². The molecule has 0 bridgehead atoms. The molecular weight excluding hydrogens is 355 g/mol. The molecule has 2 aromatic carbocycles. The van der Waals surface area contributed by atoms with Crippen LogP contribution < -0.4 is 5.32 Å². The Kier molecular flexibility index (Phi) is 4.75. The summed E-state index contributed by atoms with van der Waals surface area (Å²) in [6.45, 7) is 0. The summed E-state index contributed by atoms with van der Waals surface area (Å²) in [4.78, 5) is 22.5. The molecule has 0 aliphatic rings. The summed E-state index contributed by atoms with van der Waals surface area (Å²) >= 11 is 17.3. The number of amides is 1. The zero-order valence-electron chi connectivity index (χ0n) is 10.6. The molecule has 2 aromatic rings. The summed E-state index contributed by atoms with van der Waals surface area (Å²) in [5.74, 6) is -1.11. The summed E-state index contributed by atoms with van der Waals surface area (Å²) in [5, 5.41) is 23.1. The molecule has 0 radical (unpaired) electrons. The van der Waals surface area contributed by atoms with E-state index in [1.807, 2.05) is 0 Å². The molecular formula is C13H7Cl3N2O4. The van der Waals surface area contributed by atoms with Crippen LogP contribution in [0, 0.1) is 10.1 Å². The van der Waals surface area contributed by atoms with Crippen LogP contribution in [0.5, 0.6) is 5.75 Å². The molecule has 0 spiro atoms. The van der Waals surface area contributed by atoms with Crippen LogP contribution >= 0.6 is 34.8 Å². The fraction of sp³-hybridized carbons (Fsp3) is 0. The van der Waals surface area contributed by atoms with Gasteiger partial charge in [-0.05, 0) is 30.3 Å². The Bertz CT molecular complexity index is 780. The smallest absolute Gasteiger partial charge is 0.311 e. The van der Waals surface area contributed by atoms with Crippen molar-refractivity contribution in [1.29, 1.82) is 0 Å². The van der Waals surface area contributed by atoms with Crippen LogP contribution in [0.1, 0.15) is 10.4 Å². The minimum atomic E-state index is -0.790. The van der Waals surface area contributed by atoms with E-state index in [2.05, 4.69) is 5.32 Å². The van der Waals surface area contributed by atoms with Gasteiger partial charge in [0, 0.05) is 10.0 Å². The number of halogens is 3. The summed E-state index contributed by atoms with van der Waals surface area (Å²) in [6, 6.07) is 6.23. The van der Waals surface area contributed by atoms with E-state index in [1.54, 1.807) is 0 Å². The van der Waals surface area contributed by atoms with Gasteiger partial charge in [0.2, 0.25) is 0 Å². The number of carbonyl (C=O) groups is 1. The van der Waals surface area contributed by atoms with Gasteiger partial charge in [0.15, 0.2) is 0 Å². The lowest BCUT2D eigenvalue weighted by Crippen LogP contribution is -2.13. The SMILES string of the molecule is O=C(Nc1cc(Cl)cc(Cl)c1[N+](=O)[O-])c1cc(Cl)ccc1O. The van der Waals surface area contributed by atoms with Crippen molar-refractivity contribution in [2.45, 2.75) is 0 Å². The van der Waals surface area contributed by atoms with Gasteiger partial charge in [-0.2, -0.15) is 0 Å². The number of anilines is 1. The quantitative estimate of drug-likeness (QED) is 0.621. The maximum absolute atomic E-state index is 12.1. The lowest BCUT2D eigenvalue weighted by Gasteiger charge is -2.09. The first kappa shape index (κ1) is 16.4. The van der Waals surface area contributed by atoms with Crippen molar-refractivity contribution in [1.82, 2.24) is 0 Å². The molecule has 0 aromatic heterocycles. The first-order valence-electron chi connectivity index (χ1n) is 5.73. The first-order chi connectivity index (χ1) is 10.3. The number of nitro benzene ring substituents is 1. The predicted molar refractivity (Wildman–Crippen MR) is 84.2 cm³/mol. The molecule has 22 heavy (non-hydrogen) atoms. The summed E-state index contributed by atoms with van der Waals surface area (Å²) < 4.78 is 0. The number of hydrogen-bond acceptors (Lipinski definition) is 4. The molecule has 0 unspecified atom stereocenters. The fourth-order valence-corrected chi connectivity index (χ4v) is 2.46. The highest BCUT2D eigenvalue weighted by Crippen LogP contribution is 2.36. The first-order valence-corrected chi connectivity index (χ1v) is 6.86. The van der Waals surface area contributed by atoms with Crippen LogP contribution in [0.25, 0.3) is 0 Å². The Morgan fingerprint density at radius 3 is 2.45 bits per heavy atom. The number of nitrogens with zero attached hydrogens (tertiary/aromatic N) is 1. The van der Waals surface area contributed by atoms with Crippen LogP contribution in [0.4, 0.5) is 11.4 Å². The second-order valence-electron chi connectivity index (χ2n) is 4.16. The summed E-state index contributed by atoms with van der Waals surface area (Å²) in [5.41, 5.74) is -0.828. The molecule has 0 aliphatic carbocycles. The molecule has 6 nitrogen and oxygen atoms in total. The monoisotopic (exact) mass is 360 g/mol. The summed E-state index contributed by atoms with van der Waals surface area (Å²) in [7, 11) is 0. The number of hydrogen-bond donors (Lipinski definition) is 2. The molecule has 0 atom stereocenters. The van der Waals surface area contributed by atoms with E-state index in [1.165, 1.54) is 30.3 Å². The standard InChI is InChI=1S/C13H7Cl3N2O4/c14-6-1-2-11(19)8(3-6)13(20)17-10-5-7(15)4-9(16)12(10)18(21)22/h1-5,19H,(H,17,20). The van der Waals surface area contributed by atoms with E-state index < -0.39 is 16.5 Å². The van der Waals surface area contributed by atoms with Gasteiger partial charge >= 0.3 is 5.69 Å². The van der Waals surface area contributed by atoms with E-state index in [9.17, 15) is 20.0 Å². The Morgan fingerprint density at radius 2 is 1.82 bits per heavy atom. The normalized spacial score (nSPS) is 10.3. The molecule has 0 saturated heterocycles. The van der Waals surface area contributed by atoms with Crippen molar-refractivity contribution in [2.24, 2.45) is 0 Å². The molecule has 0 saturated carbocycles. The maximum Gasteiger partial charge on any atom is 0.311 e. The number of benzene rings is 2. The van der Waals surface area contributed by atoms with Crippen molar-refractivity contribution < 1.29 is 14.8 Å². The Balaban J connectivity index is 2.44. The highest BCUT2D eigenvalue weighted by molar-refractivity contribution is 6.37. The Morgan fingerprint density at radius 1 is 1.14 bits per heavy atom. The van der Waals surface area contributed by atoms with Gasteiger partial charge < -0.3 is 10.4 Å². The Labute approximate surface area is 139 Å². The van der Waals surface area contributed by atoms with Crippen molar-refractivity contribution in [2.75, 3.05) is 5.32 Å². The highest BCUT2D eigenvalue weighted by atomic mass is 35.5. The van der Waals surface area contributed by atoms with Crippen molar-refractivity contribution >= 4 is 52.1 Å². The average Bonchev–Trinajstić information content (AvgIpc) is 2.40. The zero-order valence-corrected chi connectivity index (χ0v) is 12.9. The van der Waals surface area contributed by atoms with Gasteiger partial charge in [-0.3, -0.25) is 14.9 Å². The number of phenolic OH excluding ortho intramolecular Hbond substituents is 1. The van der Waals surface area contributed by atoms with Crippen LogP contribution in [0.2, 0.25) is 15.1 Å². The number of nitrogens with one attached hydrogen (secondary N) is 1. The van der Waals surface area contributed by atoms with E-state index >= 15 is 0 Å². The van der Waals surface area contributed by atoms with E-state index in [4.69, 9.17) is 34.8 Å². The van der Waals surface area contributed by atoms with E-state index in [-0.39, 0.29) is 32.1 Å². The number of carbonyl (C=O) groups excluding carboxylic acids is 1. The highest BCUT2D eigenvalue weighted by Gasteiger charge is 2.23. The number of aromatic hydroxyl groups is 1.